The van der Waals surface area contributed by atoms with Crippen LogP contribution in [0.4, 0.5) is 5.95 Å². The highest BCUT2D eigenvalue weighted by molar-refractivity contribution is 5.96. The van der Waals surface area contributed by atoms with E-state index in [1.54, 1.807) is 30.7 Å². The normalized spacial score (nSPS) is 24.1. The average molecular weight is 353 g/mol. The van der Waals surface area contributed by atoms with Crippen LogP contribution in [-0.4, -0.2) is 46.1 Å². The molecule has 2 fully saturated rings. The molecule has 2 aromatic heterocycles. The number of anilines is 1. The molecule has 7 nitrogen and oxygen atoms in total. The molecule has 1 saturated heterocycles. The third-order valence-electron chi connectivity index (χ3n) is 5.08. The number of amides is 1. The number of carbonyl (C=O) groups is 1. The van der Waals surface area contributed by atoms with Gasteiger partial charge in [0.1, 0.15) is 5.56 Å². The first-order valence-corrected chi connectivity index (χ1v) is 9.06. The first-order valence-electron chi connectivity index (χ1n) is 9.06. The second-order valence-electron chi connectivity index (χ2n) is 7.22. The molecule has 4 rings (SSSR count). The van der Waals surface area contributed by atoms with Crippen molar-refractivity contribution < 1.29 is 9.53 Å². The van der Waals surface area contributed by atoms with Gasteiger partial charge in [-0.3, -0.25) is 4.79 Å². The van der Waals surface area contributed by atoms with Crippen molar-refractivity contribution in [1.29, 1.82) is 0 Å². The van der Waals surface area contributed by atoms with Gasteiger partial charge in [0, 0.05) is 43.6 Å². The average Bonchev–Trinajstić information content (AvgIpc) is 2.97. The number of fused-ring (bicyclic) bond motifs is 1. The summed E-state index contributed by atoms with van der Waals surface area (Å²) >= 11 is 0. The van der Waals surface area contributed by atoms with Crippen molar-refractivity contribution in [3.05, 3.63) is 42.4 Å². The third kappa shape index (κ3) is 3.21. The molecule has 3 unspecified atom stereocenters. The summed E-state index contributed by atoms with van der Waals surface area (Å²) in [6, 6.07) is 5.51. The fraction of sp³-hybridized carbons (Fsp3) is 0.474. The predicted octanol–water partition coefficient (Wildman–Crippen LogP) is 1.91. The van der Waals surface area contributed by atoms with Crippen molar-refractivity contribution in [2.24, 2.45) is 11.8 Å². The molecule has 1 saturated carbocycles. The van der Waals surface area contributed by atoms with E-state index in [-0.39, 0.29) is 18.1 Å². The van der Waals surface area contributed by atoms with Crippen LogP contribution < -0.4 is 15.0 Å². The maximum Gasteiger partial charge on any atom is 0.256 e. The first-order chi connectivity index (χ1) is 12.6. The van der Waals surface area contributed by atoms with Gasteiger partial charge in [0.25, 0.3) is 5.91 Å². The zero-order valence-electron chi connectivity index (χ0n) is 15.0. The van der Waals surface area contributed by atoms with E-state index in [1.807, 2.05) is 19.9 Å². The van der Waals surface area contributed by atoms with Gasteiger partial charge in [-0.25, -0.2) is 15.0 Å². The maximum atomic E-state index is 12.7. The van der Waals surface area contributed by atoms with Gasteiger partial charge in [-0.05, 0) is 44.4 Å². The summed E-state index contributed by atoms with van der Waals surface area (Å²) in [5, 5.41) is 3.16. The zero-order chi connectivity index (χ0) is 18.1. The Morgan fingerprint density at radius 1 is 1.19 bits per heavy atom. The van der Waals surface area contributed by atoms with Gasteiger partial charge in [-0.2, -0.15) is 0 Å². The maximum absolute atomic E-state index is 12.7. The number of ether oxygens (including phenoxy) is 1. The molecule has 0 bridgehead atoms. The van der Waals surface area contributed by atoms with Gasteiger partial charge >= 0.3 is 0 Å². The van der Waals surface area contributed by atoms with Gasteiger partial charge in [-0.15, -0.1) is 0 Å². The molecule has 7 heteroatoms. The minimum Gasteiger partial charge on any atom is -0.474 e. The summed E-state index contributed by atoms with van der Waals surface area (Å²) < 4.78 is 5.66. The van der Waals surface area contributed by atoms with Crippen molar-refractivity contribution in [2.75, 3.05) is 18.0 Å². The van der Waals surface area contributed by atoms with E-state index < -0.39 is 0 Å². The lowest BCUT2D eigenvalue weighted by Crippen LogP contribution is -2.52. The van der Waals surface area contributed by atoms with E-state index >= 15 is 0 Å². The Labute approximate surface area is 152 Å². The number of hydrogen-bond donors (Lipinski definition) is 1. The molecule has 26 heavy (non-hydrogen) atoms. The number of aromatic nitrogens is 3. The van der Waals surface area contributed by atoms with Crippen LogP contribution in [-0.2, 0) is 0 Å². The topological polar surface area (TPSA) is 80.2 Å². The van der Waals surface area contributed by atoms with Crippen molar-refractivity contribution in [2.45, 2.75) is 32.4 Å². The Kier molecular flexibility index (Phi) is 4.44. The van der Waals surface area contributed by atoms with E-state index in [1.165, 1.54) is 0 Å². The van der Waals surface area contributed by atoms with Crippen molar-refractivity contribution in [3.8, 4) is 5.88 Å². The highest BCUT2D eigenvalue weighted by atomic mass is 16.5. The molecule has 1 N–H and O–H groups in total. The molecule has 1 aliphatic heterocycles. The molecular weight excluding hydrogens is 330 g/mol. The molecule has 0 spiro atoms. The number of rotatable bonds is 5. The van der Waals surface area contributed by atoms with E-state index in [0.717, 1.165) is 25.5 Å². The van der Waals surface area contributed by atoms with E-state index in [4.69, 9.17) is 4.74 Å². The summed E-state index contributed by atoms with van der Waals surface area (Å²) in [6.45, 7) is 5.68. The summed E-state index contributed by atoms with van der Waals surface area (Å²) in [6.07, 6.45) is 6.13. The Balaban J connectivity index is 1.40. The molecule has 3 heterocycles. The number of pyridine rings is 1. The number of hydrogen-bond acceptors (Lipinski definition) is 6. The van der Waals surface area contributed by atoms with Gasteiger partial charge in [-0.1, -0.05) is 0 Å². The lowest BCUT2D eigenvalue weighted by atomic mass is 9.71. The zero-order valence-corrected chi connectivity index (χ0v) is 15.0. The molecular formula is C19H23N5O2. The lowest BCUT2D eigenvalue weighted by Gasteiger charge is -2.39. The molecule has 1 amide bonds. The van der Waals surface area contributed by atoms with Crippen molar-refractivity contribution in [3.63, 3.8) is 0 Å². The Bertz CT molecular complexity index is 783. The minimum absolute atomic E-state index is 0.0289. The smallest absolute Gasteiger partial charge is 0.256 e. The molecule has 3 atom stereocenters. The monoisotopic (exact) mass is 353 g/mol. The second kappa shape index (κ2) is 6.90. The van der Waals surface area contributed by atoms with Crippen LogP contribution in [0.25, 0.3) is 0 Å². The van der Waals surface area contributed by atoms with Crippen LogP contribution in [0.15, 0.2) is 36.8 Å². The highest BCUT2D eigenvalue weighted by Gasteiger charge is 2.48. The predicted molar refractivity (Wildman–Crippen MR) is 97.1 cm³/mol. The number of nitrogens with zero attached hydrogens (tertiary/aromatic N) is 4. The van der Waals surface area contributed by atoms with Gasteiger partial charge in [0.05, 0.1) is 6.10 Å². The van der Waals surface area contributed by atoms with Crippen LogP contribution in [0.1, 0.15) is 30.6 Å². The molecule has 2 aromatic rings. The summed E-state index contributed by atoms with van der Waals surface area (Å²) in [7, 11) is 0. The van der Waals surface area contributed by atoms with Crippen LogP contribution in [0.3, 0.4) is 0 Å². The van der Waals surface area contributed by atoms with E-state index in [9.17, 15) is 4.79 Å². The Morgan fingerprint density at radius 3 is 2.73 bits per heavy atom. The Morgan fingerprint density at radius 2 is 1.96 bits per heavy atom. The lowest BCUT2D eigenvalue weighted by molar-refractivity contribution is 0.0826. The summed E-state index contributed by atoms with van der Waals surface area (Å²) in [5.74, 6) is 2.07. The molecule has 0 aromatic carbocycles. The van der Waals surface area contributed by atoms with Crippen LogP contribution in [0.2, 0.25) is 0 Å². The quantitative estimate of drug-likeness (QED) is 0.884. The minimum atomic E-state index is -0.119. The summed E-state index contributed by atoms with van der Waals surface area (Å²) in [4.78, 5) is 27.8. The van der Waals surface area contributed by atoms with Gasteiger partial charge < -0.3 is 15.0 Å². The van der Waals surface area contributed by atoms with Crippen LogP contribution >= 0.6 is 0 Å². The Hall–Kier alpha value is -2.70. The number of carbonyl (C=O) groups excluding carboxylic acids is 1. The highest BCUT2D eigenvalue weighted by Crippen LogP contribution is 2.41. The van der Waals surface area contributed by atoms with Crippen molar-refractivity contribution >= 4 is 11.9 Å². The fourth-order valence-corrected chi connectivity index (χ4v) is 3.82. The van der Waals surface area contributed by atoms with Gasteiger partial charge in [0.15, 0.2) is 0 Å². The van der Waals surface area contributed by atoms with E-state index in [0.29, 0.717) is 23.3 Å². The standard InChI is InChI=1S/C19H23N5O2/c1-12(2)26-18-14(5-3-6-20-18)17(25)23-16-9-13-10-24(11-15(13)16)19-21-7-4-8-22-19/h3-8,12-13,15-16H,9-11H2,1-2H3,(H,23,25). The molecule has 1 aliphatic carbocycles. The van der Waals surface area contributed by atoms with Gasteiger partial charge in [0.2, 0.25) is 11.8 Å². The third-order valence-corrected chi connectivity index (χ3v) is 5.08. The first kappa shape index (κ1) is 16.8. The van der Waals surface area contributed by atoms with E-state index in [2.05, 4.69) is 25.2 Å². The molecule has 0 radical (unpaired) electrons. The fourth-order valence-electron chi connectivity index (χ4n) is 3.82. The molecule has 136 valence electrons. The summed E-state index contributed by atoms with van der Waals surface area (Å²) in [5.41, 5.74) is 0.492. The number of nitrogens with one attached hydrogen (secondary N) is 1. The van der Waals surface area contributed by atoms with Crippen molar-refractivity contribution in [1.82, 2.24) is 20.3 Å². The second-order valence-corrected chi connectivity index (χ2v) is 7.22. The van der Waals surface area contributed by atoms with Crippen LogP contribution in [0, 0.1) is 11.8 Å². The molecule has 2 aliphatic rings. The largest absolute Gasteiger partial charge is 0.474 e. The SMILES string of the molecule is CC(C)Oc1ncccc1C(=O)NC1CC2CN(c3ncccn3)CC21. The van der Waals surface area contributed by atoms with Crippen LogP contribution in [0.5, 0.6) is 5.88 Å².